The fourth-order valence-corrected chi connectivity index (χ4v) is 6.99. The molecule has 182 valence electrons. The summed E-state index contributed by atoms with van der Waals surface area (Å²) in [6.07, 6.45) is 12.8. The minimum Gasteiger partial charge on any atom is -0.354 e. The summed E-state index contributed by atoms with van der Waals surface area (Å²) in [5.41, 5.74) is 0.987. The van der Waals surface area contributed by atoms with Crippen LogP contribution in [0.15, 0.2) is 35.7 Å². The highest BCUT2D eigenvalue weighted by molar-refractivity contribution is 7.92. The summed E-state index contributed by atoms with van der Waals surface area (Å²) in [7, 11) is -3.47. The first-order chi connectivity index (χ1) is 16.0. The first kappa shape index (κ1) is 24.4. The molecule has 1 aromatic rings. The van der Waals surface area contributed by atoms with Crippen molar-refractivity contribution in [2.75, 3.05) is 32.7 Å². The zero-order valence-corrected chi connectivity index (χ0v) is 20.6. The number of sulfonamides is 1. The highest BCUT2D eigenvalue weighted by Crippen LogP contribution is 2.35. The van der Waals surface area contributed by atoms with Gasteiger partial charge in [0.25, 0.3) is 0 Å². The van der Waals surface area contributed by atoms with Crippen molar-refractivity contribution in [3.63, 3.8) is 0 Å². The maximum atomic E-state index is 13.0. The number of piperidine rings is 2. The molecule has 0 atom stereocenters. The highest BCUT2D eigenvalue weighted by atomic mass is 32.2. The zero-order valence-electron chi connectivity index (χ0n) is 19.8. The molecule has 4 rings (SSSR count). The van der Waals surface area contributed by atoms with Crippen LogP contribution < -0.4 is 5.32 Å². The van der Waals surface area contributed by atoms with Crippen molar-refractivity contribution in [2.24, 2.45) is 5.92 Å². The van der Waals surface area contributed by atoms with Crippen LogP contribution >= 0.6 is 0 Å². The van der Waals surface area contributed by atoms with Crippen molar-refractivity contribution < 1.29 is 13.2 Å². The van der Waals surface area contributed by atoms with Gasteiger partial charge >= 0.3 is 0 Å². The number of rotatable bonds is 7. The van der Waals surface area contributed by atoms with Crippen molar-refractivity contribution in [3.8, 4) is 0 Å². The molecule has 0 bridgehead atoms. The second kappa shape index (κ2) is 11.2. The number of nitrogens with zero attached hydrogens (tertiary/aromatic N) is 2. The first-order valence-electron chi connectivity index (χ1n) is 12.7. The molecule has 2 saturated heterocycles. The van der Waals surface area contributed by atoms with E-state index in [-0.39, 0.29) is 17.4 Å². The fourth-order valence-electron chi connectivity index (χ4n) is 5.77. The number of hydrogen-bond acceptors (Lipinski definition) is 4. The average Bonchev–Trinajstić information content (AvgIpc) is 2.88. The lowest BCUT2D eigenvalue weighted by Crippen LogP contribution is -2.58. The topological polar surface area (TPSA) is 69.7 Å². The van der Waals surface area contributed by atoms with E-state index >= 15 is 0 Å². The van der Waals surface area contributed by atoms with Crippen LogP contribution in [0.3, 0.4) is 0 Å². The SMILES string of the molecule is O=C(NCC1(N2CCCCC2)CCCCC1)C1CCN(S(=O)(=O)C=Cc2ccccc2)CC1. The summed E-state index contributed by atoms with van der Waals surface area (Å²) in [5, 5.41) is 4.58. The van der Waals surface area contributed by atoms with Crippen LogP contribution in [0.1, 0.15) is 69.8 Å². The van der Waals surface area contributed by atoms with E-state index in [1.165, 1.54) is 61.1 Å². The molecule has 0 aromatic heterocycles. The van der Waals surface area contributed by atoms with Crippen LogP contribution in [-0.2, 0) is 14.8 Å². The largest absolute Gasteiger partial charge is 0.354 e. The molecule has 1 saturated carbocycles. The Hall–Kier alpha value is -1.70. The monoisotopic (exact) mass is 473 g/mol. The van der Waals surface area contributed by atoms with E-state index < -0.39 is 10.0 Å². The van der Waals surface area contributed by atoms with Gasteiger partial charge in [-0.3, -0.25) is 9.69 Å². The number of hydrogen-bond donors (Lipinski definition) is 1. The number of carbonyl (C=O) groups excluding carboxylic acids is 1. The van der Waals surface area contributed by atoms with E-state index in [9.17, 15) is 13.2 Å². The molecule has 1 N–H and O–H groups in total. The molecule has 3 aliphatic rings. The van der Waals surface area contributed by atoms with E-state index in [1.807, 2.05) is 30.3 Å². The Kier molecular flexibility index (Phi) is 8.25. The van der Waals surface area contributed by atoms with Crippen molar-refractivity contribution in [2.45, 2.75) is 69.7 Å². The van der Waals surface area contributed by atoms with Crippen LogP contribution in [0.5, 0.6) is 0 Å². The van der Waals surface area contributed by atoms with E-state index in [1.54, 1.807) is 6.08 Å². The number of nitrogens with one attached hydrogen (secondary N) is 1. The van der Waals surface area contributed by atoms with Gasteiger partial charge in [0.1, 0.15) is 0 Å². The number of amides is 1. The normalized spacial score (nSPS) is 23.5. The molecule has 1 aromatic carbocycles. The molecule has 1 amide bonds. The third-order valence-corrected chi connectivity index (χ3v) is 9.38. The Bertz CT molecular complexity index is 896. The molecule has 0 unspecified atom stereocenters. The van der Waals surface area contributed by atoms with E-state index in [4.69, 9.17) is 0 Å². The van der Waals surface area contributed by atoms with Crippen molar-refractivity contribution in [3.05, 3.63) is 41.3 Å². The average molecular weight is 474 g/mol. The molecule has 0 radical (unpaired) electrons. The lowest BCUT2D eigenvalue weighted by molar-refractivity contribution is -0.127. The Morgan fingerprint density at radius 2 is 1.58 bits per heavy atom. The maximum absolute atomic E-state index is 13.0. The van der Waals surface area contributed by atoms with E-state index in [0.29, 0.717) is 25.9 Å². The Balaban J connectivity index is 1.29. The van der Waals surface area contributed by atoms with Gasteiger partial charge in [-0.2, -0.15) is 4.31 Å². The molecule has 33 heavy (non-hydrogen) atoms. The molecule has 6 nitrogen and oxygen atoms in total. The number of benzene rings is 1. The van der Waals surface area contributed by atoms with E-state index in [0.717, 1.165) is 25.2 Å². The fraction of sp³-hybridized carbons (Fsp3) is 0.654. The third-order valence-electron chi connectivity index (χ3n) is 7.82. The summed E-state index contributed by atoms with van der Waals surface area (Å²) in [6, 6.07) is 9.44. The van der Waals surface area contributed by atoms with Crippen molar-refractivity contribution in [1.29, 1.82) is 0 Å². The van der Waals surface area contributed by atoms with E-state index in [2.05, 4.69) is 10.2 Å². The van der Waals surface area contributed by atoms with Crippen LogP contribution in [0.4, 0.5) is 0 Å². The van der Waals surface area contributed by atoms with Gasteiger partial charge in [-0.25, -0.2) is 8.42 Å². The zero-order chi connectivity index (χ0) is 23.2. The predicted octanol–water partition coefficient (Wildman–Crippen LogP) is 4.00. The Morgan fingerprint density at radius 3 is 2.24 bits per heavy atom. The minimum atomic E-state index is -3.47. The summed E-state index contributed by atoms with van der Waals surface area (Å²) >= 11 is 0. The molecule has 1 aliphatic carbocycles. The minimum absolute atomic E-state index is 0.100. The first-order valence-corrected chi connectivity index (χ1v) is 14.2. The second-order valence-corrected chi connectivity index (χ2v) is 11.8. The number of likely N-dealkylation sites (tertiary alicyclic amines) is 1. The van der Waals surface area contributed by atoms with Crippen LogP contribution in [0.25, 0.3) is 6.08 Å². The van der Waals surface area contributed by atoms with Gasteiger partial charge in [-0.1, -0.05) is 56.0 Å². The molecular weight excluding hydrogens is 434 g/mol. The molecule has 3 fully saturated rings. The lowest BCUT2D eigenvalue weighted by Gasteiger charge is -2.48. The predicted molar refractivity (Wildman–Crippen MR) is 133 cm³/mol. The smallest absolute Gasteiger partial charge is 0.236 e. The molecule has 2 heterocycles. The summed E-state index contributed by atoms with van der Waals surface area (Å²) < 4.78 is 26.9. The van der Waals surface area contributed by atoms with Gasteiger partial charge in [0.2, 0.25) is 15.9 Å². The van der Waals surface area contributed by atoms with Gasteiger partial charge in [0, 0.05) is 36.5 Å². The second-order valence-electron chi connectivity index (χ2n) is 9.98. The Labute approximate surface area is 199 Å². The van der Waals surface area contributed by atoms with Crippen LogP contribution in [0.2, 0.25) is 0 Å². The summed E-state index contributed by atoms with van der Waals surface area (Å²) in [4.78, 5) is 15.7. The summed E-state index contributed by atoms with van der Waals surface area (Å²) in [5.74, 6) is 0.00498. The molecular formula is C26H39N3O3S. The maximum Gasteiger partial charge on any atom is 0.236 e. The van der Waals surface area contributed by atoms with Gasteiger partial charge in [0.15, 0.2) is 0 Å². The van der Waals surface area contributed by atoms with Crippen LogP contribution in [-0.4, -0.2) is 61.8 Å². The third kappa shape index (κ3) is 6.25. The van der Waals surface area contributed by atoms with Crippen LogP contribution in [0, 0.1) is 5.92 Å². The van der Waals surface area contributed by atoms with Gasteiger partial charge in [-0.05, 0) is 63.3 Å². The number of carbonyl (C=O) groups is 1. The van der Waals surface area contributed by atoms with Gasteiger partial charge in [-0.15, -0.1) is 0 Å². The molecule has 7 heteroatoms. The van der Waals surface area contributed by atoms with Crippen molar-refractivity contribution in [1.82, 2.24) is 14.5 Å². The standard InChI is InChI=1S/C26H39N3O3S/c30-25(27-22-26(15-6-2-7-16-26)28-17-8-3-9-18-28)24-12-19-29(20-13-24)33(31,32)21-14-23-10-4-1-5-11-23/h1,4-5,10-11,14,21,24H,2-3,6-9,12-13,15-20,22H2,(H,27,30). The lowest BCUT2D eigenvalue weighted by atomic mass is 9.79. The highest BCUT2D eigenvalue weighted by Gasteiger charge is 2.39. The molecule has 2 aliphatic heterocycles. The Morgan fingerprint density at radius 1 is 0.939 bits per heavy atom. The van der Waals surface area contributed by atoms with Gasteiger partial charge < -0.3 is 5.32 Å². The van der Waals surface area contributed by atoms with Crippen molar-refractivity contribution >= 4 is 22.0 Å². The quantitative estimate of drug-likeness (QED) is 0.650. The van der Waals surface area contributed by atoms with Gasteiger partial charge in [0.05, 0.1) is 0 Å². The summed E-state index contributed by atoms with van der Waals surface area (Å²) in [6.45, 7) is 3.85. The molecule has 0 spiro atoms.